The number of piperazine rings is 1. The van der Waals surface area contributed by atoms with E-state index < -0.39 is 34.1 Å². The van der Waals surface area contributed by atoms with Crippen LogP contribution in [-0.4, -0.2) is 78.4 Å². The average molecular weight is 683 g/mol. The van der Waals surface area contributed by atoms with Gasteiger partial charge in [-0.2, -0.15) is 15.2 Å². The highest BCUT2D eigenvalue weighted by Crippen LogP contribution is 2.46. The number of hydrogen-bond donors (Lipinski definition) is 2. The quantitative estimate of drug-likeness (QED) is 0.235. The van der Waals surface area contributed by atoms with E-state index in [9.17, 15) is 14.0 Å². The van der Waals surface area contributed by atoms with Crippen LogP contribution in [0.15, 0.2) is 18.0 Å². The number of thiophene rings is 1. The summed E-state index contributed by atoms with van der Waals surface area (Å²) in [7, 11) is 1.34. The molecule has 0 amide bonds. The van der Waals surface area contributed by atoms with Gasteiger partial charge < -0.3 is 30.3 Å². The number of fused-ring (bicyclic) bond motifs is 4. The Bertz CT molecular complexity index is 2000. The number of rotatable bonds is 7. The lowest BCUT2D eigenvalue weighted by molar-refractivity contribution is 0.0977. The number of methoxy groups -OCH3 is 1. The highest BCUT2D eigenvalue weighted by Gasteiger charge is 2.38. The first-order chi connectivity index (χ1) is 23.1. The summed E-state index contributed by atoms with van der Waals surface area (Å²) in [5.41, 5.74) is 4.47. The molecule has 0 spiro atoms. The number of pyridine rings is 1. The first-order valence-corrected chi connectivity index (χ1v) is 16.6. The largest absolute Gasteiger partial charge is 0.480 e. The van der Waals surface area contributed by atoms with Gasteiger partial charge in [0.1, 0.15) is 51.7 Å². The van der Waals surface area contributed by atoms with Gasteiger partial charge in [0, 0.05) is 60.7 Å². The molecule has 15 heteroatoms. The molecular formula is C33H34F4N8O2S. The molecule has 3 N–H and O–H groups in total. The molecule has 10 nitrogen and oxygen atoms in total. The molecule has 3 saturated heterocycles. The van der Waals surface area contributed by atoms with E-state index in [1.54, 1.807) is 0 Å². The number of nitrogens with one attached hydrogen (secondary N) is 1. The van der Waals surface area contributed by atoms with E-state index in [0.717, 1.165) is 37.3 Å². The zero-order valence-electron chi connectivity index (χ0n) is 26.7. The van der Waals surface area contributed by atoms with Gasteiger partial charge in [0.15, 0.2) is 5.82 Å². The van der Waals surface area contributed by atoms with Gasteiger partial charge in [0.05, 0.1) is 23.7 Å². The van der Waals surface area contributed by atoms with Crippen molar-refractivity contribution >= 4 is 43.1 Å². The Hall–Kier alpha value is -4.26. The number of benzene rings is 1. The minimum absolute atomic E-state index is 0.0145. The lowest BCUT2D eigenvalue weighted by Crippen LogP contribution is -2.51. The Kier molecular flexibility index (Phi) is 8.29. The minimum Gasteiger partial charge on any atom is -0.480 e. The summed E-state index contributed by atoms with van der Waals surface area (Å²) in [6, 6.07) is 2.73. The second kappa shape index (κ2) is 12.3. The molecule has 0 unspecified atom stereocenters. The average Bonchev–Trinajstić information content (AvgIpc) is 3.60. The van der Waals surface area contributed by atoms with Gasteiger partial charge in [-0.1, -0.05) is 13.8 Å². The number of halogens is 4. The van der Waals surface area contributed by atoms with Crippen LogP contribution in [0.1, 0.15) is 38.7 Å². The second-order valence-corrected chi connectivity index (χ2v) is 13.9. The molecule has 3 atom stereocenters. The summed E-state index contributed by atoms with van der Waals surface area (Å²) in [5, 5.41) is 13.3. The van der Waals surface area contributed by atoms with Crippen molar-refractivity contribution in [3.05, 3.63) is 41.0 Å². The maximum absolute atomic E-state index is 17.0. The highest BCUT2D eigenvalue weighted by atomic mass is 32.1. The predicted octanol–water partition coefficient (Wildman–Crippen LogP) is 5.69. The molecule has 7 rings (SSSR count). The third-order valence-corrected chi connectivity index (χ3v) is 10.8. The Morgan fingerprint density at radius 2 is 1.92 bits per heavy atom. The molecule has 2 bridgehead atoms. The summed E-state index contributed by atoms with van der Waals surface area (Å²) in [6.45, 7) is 7.15. The first kappa shape index (κ1) is 32.3. The van der Waals surface area contributed by atoms with E-state index in [2.05, 4.69) is 20.2 Å². The molecule has 6 heterocycles. The van der Waals surface area contributed by atoms with Crippen molar-refractivity contribution < 1.29 is 27.0 Å². The molecule has 0 radical (unpaired) electrons. The number of anilines is 2. The maximum atomic E-state index is 17.0. The minimum atomic E-state index is -1.14. The Labute approximate surface area is 278 Å². The van der Waals surface area contributed by atoms with Gasteiger partial charge in [-0.3, -0.25) is 0 Å². The number of aromatic nitrogens is 3. The van der Waals surface area contributed by atoms with E-state index >= 15 is 8.78 Å². The van der Waals surface area contributed by atoms with Crippen molar-refractivity contribution in [2.45, 2.75) is 45.2 Å². The van der Waals surface area contributed by atoms with E-state index in [0.29, 0.717) is 49.8 Å². The fraction of sp³-hybridized carbons (Fsp3) is 0.455. The fourth-order valence-electron chi connectivity index (χ4n) is 7.32. The molecule has 0 aliphatic carbocycles. The van der Waals surface area contributed by atoms with Crippen LogP contribution in [0.3, 0.4) is 0 Å². The number of likely N-dealkylation sites (tertiary alicyclic amines) is 1. The van der Waals surface area contributed by atoms with Crippen LogP contribution in [0.2, 0.25) is 0 Å². The normalized spacial score (nSPS) is 23.7. The van der Waals surface area contributed by atoms with Crippen LogP contribution < -0.4 is 25.4 Å². The van der Waals surface area contributed by atoms with Gasteiger partial charge in [-0.25, -0.2) is 22.5 Å². The molecular weight excluding hydrogens is 648 g/mol. The number of hydrogen-bond acceptors (Lipinski definition) is 11. The molecule has 3 aliphatic rings. The molecule has 3 aliphatic heterocycles. The summed E-state index contributed by atoms with van der Waals surface area (Å²) in [5.74, 6) is -2.87. The van der Waals surface area contributed by atoms with E-state index in [-0.39, 0.29) is 62.1 Å². The van der Waals surface area contributed by atoms with E-state index in [1.807, 2.05) is 24.8 Å². The maximum Gasteiger partial charge on any atom is 0.319 e. The van der Waals surface area contributed by atoms with Gasteiger partial charge >= 0.3 is 6.01 Å². The van der Waals surface area contributed by atoms with E-state index in [4.69, 9.17) is 20.2 Å². The topological polar surface area (TPSA) is 125 Å². The van der Waals surface area contributed by atoms with Gasteiger partial charge in [-0.05, 0) is 31.4 Å². The van der Waals surface area contributed by atoms with Crippen LogP contribution in [0, 0.1) is 34.2 Å². The lowest BCUT2D eigenvalue weighted by atomic mass is 9.78. The van der Waals surface area contributed by atoms with Crippen LogP contribution in [0.5, 0.6) is 11.9 Å². The zero-order valence-corrected chi connectivity index (χ0v) is 27.5. The molecule has 1 aromatic carbocycles. The third-order valence-electron chi connectivity index (χ3n) is 9.81. The van der Waals surface area contributed by atoms with Crippen LogP contribution in [0.25, 0.3) is 32.2 Å². The van der Waals surface area contributed by atoms with Gasteiger partial charge in [0.2, 0.25) is 5.88 Å². The van der Waals surface area contributed by atoms with Crippen molar-refractivity contribution in [2.24, 2.45) is 5.41 Å². The van der Waals surface area contributed by atoms with Gasteiger partial charge in [0.25, 0.3) is 0 Å². The first-order valence-electron chi connectivity index (χ1n) is 15.8. The molecule has 3 aromatic heterocycles. The summed E-state index contributed by atoms with van der Waals surface area (Å²) < 4.78 is 73.4. The molecule has 3 fully saturated rings. The highest BCUT2D eigenvalue weighted by molar-refractivity contribution is 7.23. The van der Waals surface area contributed by atoms with Crippen molar-refractivity contribution in [3.63, 3.8) is 0 Å². The fourth-order valence-corrected chi connectivity index (χ4v) is 8.25. The second-order valence-electron chi connectivity index (χ2n) is 12.9. The lowest BCUT2D eigenvalue weighted by Gasteiger charge is -2.41. The van der Waals surface area contributed by atoms with Gasteiger partial charge in [-0.15, -0.1) is 11.3 Å². The Morgan fingerprint density at radius 1 is 1.17 bits per heavy atom. The summed E-state index contributed by atoms with van der Waals surface area (Å²) in [6.07, 6.45) is 3.11. The summed E-state index contributed by atoms with van der Waals surface area (Å²) >= 11 is 0.759. The monoisotopic (exact) mass is 682 g/mol. The Balaban J connectivity index is 1.43. The zero-order chi connectivity index (χ0) is 33.9. The van der Waals surface area contributed by atoms with Crippen molar-refractivity contribution in [2.75, 3.05) is 57.1 Å². The molecule has 252 valence electrons. The SMILES string of the molecule is CCN1CC/C(=C\F)[C@](C)(COc2nc(N3C[C@H]4CC[C@@H](C3)N4)c3c(OC)nc(-c4c(F)cc(F)c5sc(N)c(C#N)c45)c(F)c3n2)C1. The number of piperidine rings is 1. The molecule has 0 saturated carbocycles. The van der Waals surface area contributed by atoms with Crippen LogP contribution >= 0.6 is 11.3 Å². The van der Waals surface area contributed by atoms with Crippen molar-refractivity contribution in [1.29, 1.82) is 5.26 Å². The molecule has 4 aromatic rings. The standard InChI is InChI=1S/C33H34F4N8O2S/c1-4-44-8-7-16(10-34)33(2,14-44)15-47-32-42-27-24(30(43-32)45-12-17-5-6-18(13-45)40-17)31(46-3)41-26(25(27)37)23-20(35)9-21(36)28-22(23)19(11-38)29(39)48-28/h9-10,17-18,40H,4-8,12-15,39H2,1-3H3/b16-10+/t17-,18+,33-/m0/s1. The number of nitrogen functional groups attached to an aromatic ring is 1. The smallest absolute Gasteiger partial charge is 0.319 e. The molecule has 48 heavy (non-hydrogen) atoms. The summed E-state index contributed by atoms with van der Waals surface area (Å²) in [4.78, 5) is 17.8. The third kappa shape index (κ3) is 5.26. The number of nitrogens with zero attached hydrogens (tertiary/aromatic N) is 6. The predicted molar refractivity (Wildman–Crippen MR) is 175 cm³/mol. The number of ether oxygens (including phenoxy) is 2. The van der Waals surface area contributed by atoms with Crippen molar-refractivity contribution in [3.8, 4) is 29.2 Å². The number of nitrogens with two attached hydrogens (primary N) is 1. The van der Waals surface area contributed by atoms with Crippen LogP contribution in [-0.2, 0) is 0 Å². The number of nitriles is 1. The van der Waals surface area contributed by atoms with Crippen molar-refractivity contribution in [1.82, 2.24) is 25.2 Å². The van der Waals surface area contributed by atoms with Crippen LogP contribution in [0.4, 0.5) is 28.4 Å². The van der Waals surface area contributed by atoms with E-state index in [1.165, 1.54) is 7.11 Å². The Morgan fingerprint density at radius 3 is 2.58 bits per heavy atom.